The number of amides is 2. The highest BCUT2D eigenvalue weighted by Gasteiger charge is 2.35. The van der Waals surface area contributed by atoms with Crippen molar-refractivity contribution in [2.24, 2.45) is 0 Å². The maximum atomic E-state index is 12.0. The van der Waals surface area contributed by atoms with Crippen LogP contribution in [0.15, 0.2) is 24.3 Å². The minimum absolute atomic E-state index is 0.159. The molecule has 1 aromatic carbocycles. The van der Waals surface area contributed by atoms with Gasteiger partial charge in [0.25, 0.3) is 11.8 Å². The van der Waals surface area contributed by atoms with Crippen molar-refractivity contribution in [3.63, 3.8) is 0 Å². The number of hydrogen-bond donors (Lipinski definition) is 3. The first-order chi connectivity index (χ1) is 10.1. The summed E-state index contributed by atoms with van der Waals surface area (Å²) in [7, 11) is 1.49. The van der Waals surface area contributed by atoms with Gasteiger partial charge in [0.2, 0.25) is 0 Å². The van der Waals surface area contributed by atoms with Gasteiger partial charge in [0.05, 0.1) is 17.7 Å². The Hall–Kier alpha value is -1.88. The minimum Gasteiger partial charge on any atom is -0.395 e. The van der Waals surface area contributed by atoms with Crippen LogP contribution in [0.4, 0.5) is 0 Å². The third-order valence-corrected chi connectivity index (χ3v) is 2.97. The van der Waals surface area contributed by atoms with Crippen LogP contribution in [0.5, 0.6) is 0 Å². The van der Waals surface area contributed by atoms with Crippen LogP contribution < -0.4 is 5.59 Å². The van der Waals surface area contributed by atoms with Gasteiger partial charge in [-0.25, -0.2) is 9.91 Å². The maximum absolute atomic E-state index is 12.0. The summed E-state index contributed by atoms with van der Waals surface area (Å²) < 4.78 is 0. The largest absolute Gasteiger partial charge is 0.395 e. The van der Waals surface area contributed by atoms with E-state index < -0.39 is 11.8 Å². The van der Waals surface area contributed by atoms with Gasteiger partial charge < -0.3 is 5.11 Å². The second-order valence-corrected chi connectivity index (χ2v) is 4.34. The molecule has 1 aliphatic heterocycles. The van der Waals surface area contributed by atoms with E-state index in [-0.39, 0.29) is 19.9 Å². The van der Waals surface area contributed by atoms with Crippen molar-refractivity contribution in [3.8, 4) is 0 Å². The first-order valence-corrected chi connectivity index (χ1v) is 6.20. The quantitative estimate of drug-likeness (QED) is 0.444. The topological polar surface area (TPSA) is 106 Å². The van der Waals surface area contributed by atoms with Crippen molar-refractivity contribution in [1.82, 2.24) is 20.8 Å². The molecule has 114 valence electrons. The summed E-state index contributed by atoms with van der Waals surface area (Å²) in [6.07, 6.45) is 0. The molecule has 2 amide bonds. The third-order valence-electron chi connectivity index (χ3n) is 2.97. The van der Waals surface area contributed by atoms with Gasteiger partial charge in [-0.1, -0.05) is 17.7 Å². The Balaban J connectivity index is 1.88. The average Bonchev–Trinajstić information content (AvgIpc) is 2.73. The molecule has 3 N–H and O–H groups in total. The number of hydrazine groups is 2. The zero-order valence-electron chi connectivity index (χ0n) is 11.4. The molecule has 0 radical (unpaired) electrons. The van der Waals surface area contributed by atoms with E-state index in [4.69, 9.17) is 9.94 Å². The maximum Gasteiger partial charge on any atom is 0.263 e. The fraction of sp³-hybridized carbons (Fsp3) is 0.333. The average molecular weight is 296 g/mol. The Bertz CT molecular complexity index is 503. The molecular weight excluding hydrogens is 280 g/mol. The number of hydrogen-bond acceptors (Lipinski definition) is 8. The van der Waals surface area contributed by atoms with E-state index in [2.05, 4.69) is 5.59 Å². The molecular formula is C12H16N4O5. The summed E-state index contributed by atoms with van der Waals surface area (Å²) in [4.78, 5) is 29.8. The van der Waals surface area contributed by atoms with Crippen molar-refractivity contribution in [1.29, 1.82) is 0 Å². The molecule has 0 unspecified atom stereocenters. The van der Waals surface area contributed by atoms with Gasteiger partial charge >= 0.3 is 0 Å². The van der Waals surface area contributed by atoms with E-state index in [1.165, 1.54) is 12.1 Å². The molecule has 0 aromatic heterocycles. The standard InChI is InChI=1S/C12H16N4O5/c1-14(6-7-17)16(20)13-21-8-15-11(18)9-4-2-3-5-10(9)12(15)19/h2-5,13,17,20H,6-8H2,1H3. The minimum atomic E-state index is -0.453. The smallest absolute Gasteiger partial charge is 0.263 e. The number of fused-ring (bicyclic) bond motifs is 1. The van der Waals surface area contributed by atoms with Crippen LogP contribution in [0.1, 0.15) is 20.7 Å². The Morgan fingerprint density at radius 1 is 1.24 bits per heavy atom. The number of likely N-dealkylation sites (N-methyl/N-ethyl adjacent to an activating group) is 1. The molecule has 0 aliphatic carbocycles. The number of carbonyl (C=O) groups is 2. The summed E-state index contributed by atoms with van der Waals surface area (Å²) in [6, 6.07) is 6.48. The lowest BCUT2D eigenvalue weighted by atomic mass is 10.1. The third kappa shape index (κ3) is 3.24. The van der Waals surface area contributed by atoms with Gasteiger partial charge in [-0.2, -0.15) is 0 Å². The summed E-state index contributed by atoms with van der Waals surface area (Å²) in [5.41, 5.74) is 2.77. The van der Waals surface area contributed by atoms with Crippen molar-refractivity contribution in [3.05, 3.63) is 35.4 Å². The highest BCUT2D eigenvalue weighted by atomic mass is 16.8. The fourth-order valence-corrected chi connectivity index (χ4v) is 1.82. The van der Waals surface area contributed by atoms with Crippen molar-refractivity contribution in [2.45, 2.75) is 0 Å². The first kappa shape index (κ1) is 15.5. The Morgan fingerprint density at radius 3 is 2.33 bits per heavy atom. The van der Waals surface area contributed by atoms with Crippen molar-refractivity contribution >= 4 is 11.8 Å². The normalized spacial score (nSPS) is 14.4. The van der Waals surface area contributed by atoms with Crippen LogP contribution in [0.3, 0.4) is 0 Å². The molecule has 0 spiro atoms. The van der Waals surface area contributed by atoms with Gasteiger partial charge in [-0.3, -0.25) is 19.6 Å². The zero-order chi connectivity index (χ0) is 15.4. The number of nitrogens with zero attached hydrogens (tertiary/aromatic N) is 3. The molecule has 0 saturated heterocycles. The number of rotatable bonds is 7. The van der Waals surface area contributed by atoms with Crippen LogP contribution in [0.2, 0.25) is 0 Å². The Labute approximate surface area is 120 Å². The monoisotopic (exact) mass is 296 g/mol. The van der Waals surface area contributed by atoms with Crippen LogP contribution in [-0.4, -0.2) is 64.2 Å². The SMILES string of the molecule is CN(CCO)N(O)NOCN1C(=O)c2ccccc2C1=O. The zero-order valence-corrected chi connectivity index (χ0v) is 11.4. The van der Waals surface area contributed by atoms with Crippen LogP contribution in [-0.2, 0) is 4.84 Å². The lowest BCUT2D eigenvalue weighted by molar-refractivity contribution is -0.341. The summed E-state index contributed by atoms with van der Waals surface area (Å²) >= 11 is 0. The number of carbonyl (C=O) groups excluding carboxylic acids is 2. The highest BCUT2D eigenvalue weighted by Crippen LogP contribution is 2.21. The molecule has 9 heteroatoms. The lowest BCUT2D eigenvalue weighted by Crippen LogP contribution is -2.49. The Morgan fingerprint density at radius 2 is 1.81 bits per heavy atom. The molecule has 0 atom stereocenters. The van der Waals surface area contributed by atoms with E-state index in [1.54, 1.807) is 24.3 Å². The number of aliphatic hydroxyl groups is 1. The van der Waals surface area contributed by atoms with Crippen molar-refractivity contribution in [2.75, 3.05) is 26.9 Å². The summed E-state index contributed by atoms with van der Waals surface area (Å²) in [6.45, 7) is -0.357. The molecule has 1 heterocycles. The highest BCUT2D eigenvalue weighted by molar-refractivity contribution is 6.21. The van der Waals surface area contributed by atoms with Crippen LogP contribution in [0, 0.1) is 0 Å². The van der Waals surface area contributed by atoms with E-state index in [0.717, 1.165) is 4.90 Å². The lowest BCUT2D eigenvalue weighted by Gasteiger charge is -2.25. The fourth-order valence-electron chi connectivity index (χ4n) is 1.82. The van der Waals surface area contributed by atoms with Gasteiger partial charge in [-0.05, 0) is 17.4 Å². The number of benzene rings is 1. The van der Waals surface area contributed by atoms with Crippen molar-refractivity contribution < 1.29 is 24.7 Å². The van der Waals surface area contributed by atoms with Crippen LogP contribution in [0.25, 0.3) is 0 Å². The second-order valence-electron chi connectivity index (χ2n) is 4.34. The van der Waals surface area contributed by atoms with E-state index >= 15 is 0 Å². The first-order valence-electron chi connectivity index (χ1n) is 6.20. The predicted molar refractivity (Wildman–Crippen MR) is 69.4 cm³/mol. The molecule has 0 fully saturated rings. The molecule has 0 bridgehead atoms. The van der Waals surface area contributed by atoms with E-state index in [0.29, 0.717) is 16.4 Å². The second kappa shape index (κ2) is 6.72. The molecule has 0 saturated carbocycles. The van der Waals surface area contributed by atoms with Gasteiger partial charge in [0.1, 0.15) is 0 Å². The Kier molecular flexibility index (Phi) is 4.96. The molecule has 1 aliphatic rings. The van der Waals surface area contributed by atoms with Crippen LogP contribution >= 0.6 is 0 Å². The number of aliphatic hydroxyl groups excluding tert-OH is 1. The number of imide groups is 1. The van der Waals surface area contributed by atoms with Gasteiger partial charge in [0.15, 0.2) is 6.73 Å². The summed E-state index contributed by atoms with van der Waals surface area (Å²) in [5, 5.41) is 19.9. The summed E-state index contributed by atoms with van der Waals surface area (Å²) in [5.74, 6) is -0.906. The van der Waals surface area contributed by atoms with Gasteiger partial charge in [-0.15, -0.1) is 0 Å². The predicted octanol–water partition coefficient (Wildman–Crippen LogP) is -0.793. The molecule has 1 aromatic rings. The molecule has 21 heavy (non-hydrogen) atoms. The van der Waals surface area contributed by atoms with E-state index in [1.807, 2.05) is 0 Å². The molecule has 9 nitrogen and oxygen atoms in total. The molecule has 2 rings (SSSR count). The number of nitrogens with one attached hydrogen (secondary N) is 1. The van der Waals surface area contributed by atoms with Gasteiger partial charge in [0, 0.05) is 13.6 Å². The van der Waals surface area contributed by atoms with E-state index in [9.17, 15) is 14.8 Å².